The van der Waals surface area contributed by atoms with Crippen LogP contribution in [0.2, 0.25) is 0 Å². The van der Waals surface area contributed by atoms with Crippen LogP contribution in [-0.4, -0.2) is 48.5 Å². The maximum absolute atomic E-state index is 11.7. The van der Waals surface area contributed by atoms with Crippen LogP contribution < -0.4 is 14.7 Å². The van der Waals surface area contributed by atoms with Crippen molar-refractivity contribution in [3.8, 4) is 0 Å². The minimum atomic E-state index is -2.55. The van der Waals surface area contributed by atoms with Crippen molar-refractivity contribution in [3.63, 3.8) is 0 Å². The molecule has 0 radical (unpaired) electrons. The van der Waals surface area contributed by atoms with Crippen molar-refractivity contribution in [2.45, 2.75) is 6.54 Å². The van der Waals surface area contributed by atoms with Gasteiger partial charge in [0.25, 0.3) is 0 Å². The van der Waals surface area contributed by atoms with E-state index in [9.17, 15) is 13.6 Å². The van der Waals surface area contributed by atoms with Gasteiger partial charge in [-0.3, -0.25) is 13.8 Å². The number of nitrogens with zero attached hydrogens (tertiary/aromatic N) is 2. The first-order valence-corrected chi connectivity index (χ1v) is 9.87. The van der Waals surface area contributed by atoms with E-state index in [1.807, 2.05) is 35.2 Å². The SMILES string of the molecule is CON(Cc1ccccc1)c1cc(N2CCOCC2)c(C=O)cc1NS(=O)[O-]. The van der Waals surface area contributed by atoms with E-state index >= 15 is 0 Å². The smallest absolute Gasteiger partial charge is 0.152 e. The third-order valence-electron chi connectivity index (χ3n) is 4.48. The summed E-state index contributed by atoms with van der Waals surface area (Å²) in [5.74, 6) is 0. The normalized spacial score (nSPS) is 15.1. The van der Waals surface area contributed by atoms with E-state index in [1.54, 1.807) is 11.1 Å². The van der Waals surface area contributed by atoms with Crippen molar-refractivity contribution in [2.24, 2.45) is 0 Å². The van der Waals surface area contributed by atoms with Gasteiger partial charge >= 0.3 is 0 Å². The van der Waals surface area contributed by atoms with Crippen molar-refractivity contribution in [2.75, 3.05) is 48.1 Å². The molecule has 2 aromatic rings. The average Bonchev–Trinajstić information content (AvgIpc) is 2.73. The van der Waals surface area contributed by atoms with Crippen LogP contribution in [0.25, 0.3) is 0 Å². The second-order valence-corrected chi connectivity index (χ2v) is 6.86. The molecule has 1 heterocycles. The van der Waals surface area contributed by atoms with Crippen LogP contribution in [0.1, 0.15) is 15.9 Å². The molecule has 8 nitrogen and oxygen atoms in total. The molecular weight excluding hydrogens is 382 g/mol. The van der Waals surface area contributed by atoms with E-state index in [0.29, 0.717) is 49.8 Å². The summed E-state index contributed by atoms with van der Waals surface area (Å²) in [5, 5.41) is 1.59. The summed E-state index contributed by atoms with van der Waals surface area (Å²) in [4.78, 5) is 19.3. The van der Waals surface area contributed by atoms with Crippen LogP contribution in [0.5, 0.6) is 0 Å². The number of carbonyl (C=O) groups is 1. The summed E-state index contributed by atoms with van der Waals surface area (Å²) < 4.78 is 30.3. The molecule has 0 aromatic heterocycles. The van der Waals surface area contributed by atoms with Gasteiger partial charge in [0.2, 0.25) is 0 Å². The quantitative estimate of drug-likeness (QED) is 0.409. The maximum Gasteiger partial charge on any atom is 0.152 e. The molecule has 0 aliphatic carbocycles. The fourth-order valence-corrected chi connectivity index (χ4v) is 3.48. The van der Waals surface area contributed by atoms with E-state index in [0.717, 1.165) is 11.8 Å². The van der Waals surface area contributed by atoms with Gasteiger partial charge in [-0.15, -0.1) is 0 Å². The number of anilines is 3. The highest BCUT2D eigenvalue weighted by atomic mass is 32.2. The molecule has 1 fully saturated rings. The van der Waals surface area contributed by atoms with E-state index < -0.39 is 11.3 Å². The highest BCUT2D eigenvalue weighted by Crippen LogP contribution is 2.35. The summed E-state index contributed by atoms with van der Waals surface area (Å²) in [7, 11) is 1.52. The van der Waals surface area contributed by atoms with Crippen molar-refractivity contribution >= 4 is 34.6 Å². The molecule has 150 valence electrons. The lowest BCUT2D eigenvalue weighted by Crippen LogP contribution is -2.37. The average molecular weight is 404 g/mol. The summed E-state index contributed by atoms with van der Waals surface area (Å²) >= 11 is -2.55. The van der Waals surface area contributed by atoms with Gasteiger partial charge in [0.05, 0.1) is 38.2 Å². The van der Waals surface area contributed by atoms with Gasteiger partial charge in [-0.25, -0.2) is 5.06 Å². The number of hydrogen-bond donors (Lipinski definition) is 1. The van der Waals surface area contributed by atoms with E-state index in [-0.39, 0.29) is 5.69 Å². The van der Waals surface area contributed by atoms with Crippen molar-refractivity contribution in [3.05, 3.63) is 53.6 Å². The third-order valence-corrected chi connectivity index (χ3v) is 4.86. The van der Waals surface area contributed by atoms with Crippen molar-refractivity contribution < 1.29 is 23.1 Å². The number of carbonyl (C=O) groups excluding carboxylic acids is 1. The minimum absolute atomic E-state index is 0.269. The molecule has 1 unspecified atom stereocenters. The standard InChI is InChI=1S/C19H23N3O5S/c1-26-22(13-15-5-3-2-4-6-15)19-12-18(21-7-9-27-10-8-21)16(14-23)11-17(19)20-28(24)25/h2-6,11-12,14,20H,7-10,13H2,1H3,(H,24,25)/p-1. The van der Waals surface area contributed by atoms with Crippen LogP contribution in [0, 0.1) is 0 Å². The van der Waals surface area contributed by atoms with Gasteiger partial charge in [-0.1, -0.05) is 30.3 Å². The predicted molar refractivity (Wildman–Crippen MR) is 107 cm³/mol. The Morgan fingerprint density at radius 3 is 2.61 bits per heavy atom. The fraction of sp³-hybridized carbons (Fsp3) is 0.316. The lowest BCUT2D eigenvalue weighted by molar-refractivity contribution is 0.111. The highest BCUT2D eigenvalue weighted by Gasteiger charge is 2.21. The number of nitrogens with one attached hydrogen (secondary N) is 1. The molecule has 0 amide bonds. The summed E-state index contributed by atoms with van der Waals surface area (Å²) in [6, 6.07) is 13.0. The number of hydrogen-bond acceptors (Lipinski definition) is 7. The lowest BCUT2D eigenvalue weighted by atomic mass is 10.1. The molecule has 1 saturated heterocycles. The van der Waals surface area contributed by atoms with E-state index in [2.05, 4.69) is 4.72 Å². The van der Waals surface area contributed by atoms with Crippen LogP contribution >= 0.6 is 0 Å². The van der Waals surface area contributed by atoms with Crippen LogP contribution in [0.3, 0.4) is 0 Å². The molecule has 1 aliphatic heterocycles. The first kappa shape index (κ1) is 20.3. The predicted octanol–water partition coefficient (Wildman–Crippen LogP) is 2.11. The fourth-order valence-electron chi connectivity index (χ4n) is 3.14. The summed E-state index contributed by atoms with van der Waals surface area (Å²) in [6.07, 6.45) is 0.724. The van der Waals surface area contributed by atoms with Gasteiger partial charge < -0.3 is 18.9 Å². The Hall–Kier alpha value is -2.46. The molecular formula is C19H22N3O5S-. The largest absolute Gasteiger partial charge is 0.755 e. The van der Waals surface area contributed by atoms with E-state index in [1.165, 1.54) is 13.2 Å². The molecule has 1 aliphatic rings. The first-order valence-electron chi connectivity index (χ1n) is 8.79. The number of ether oxygens (including phenoxy) is 1. The van der Waals surface area contributed by atoms with Gasteiger partial charge in [0.15, 0.2) is 6.29 Å². The van der Waals surface area contributed by atoms with Gasteiger partial charge in [-0.05, 0) is 17.7 Å². The van der Waals surface area contributed by atoms with Crippen molar-refractivity contribution in [1.29, 1.82) is 0 Å². The third kappa shape index (κ3) is 4.87. The molecule has 0 spiro atoms. The number of aldehydes is 1. The zero-order valence-corrected chi connectivity index (χ0v) is 16.3. The molecule has 0 saturated carbocycles. The van der Waals surface area contributed by atoms with Gasteiger partial charge in [0.1, 0.15) is 0 Å². The summed E-state index contributed by atoms with van der Waals surface area (Å²) in [6.45, 7) is 2.82. The molecule has 2 aromatic carbocycles. The molecule has 9 heteroatoms. The van der Waals surface area contributed by atoms with Crippen molar-refractivity contribution in [1.82, 2.24) is 0 Å². The second kappa shape index (κ2) is 9.65. The van der Waals surface area contributed by atoms with Crippen LogP contribution in [0.15, 0.2) is 42.5 Å². The minimum Gasteiger partial charge on any atom is -0.755 e. The monoisotopic (exact) mass is 404 g/mol. The van der Waals surface area contributed by atoms with Gasteiger partial charge in [0, 0.05) is 35.6 Å². The Balaban J connectivity index is 2.03. The lowest BCUT2D eigenvalue weighted by Gasteiger charge is -2.32. The zero-order valence-electron chi connectivity index (χ0n) is 15.5. The second-order valence-electron chi connectivity index (χ2n) is 6.19. The Bertz CT molecular complexity index is 828. The topological polar surface area (TPSA) is 94.2 Å². The first-order chi connectivity index (χ1) is 13.6. The van der Waals surface area contributed by atoms with E-state index in [4.69, 9.17) is 9.57 Å². The Kier molecular flexibility index (Phi) is 6.99. The Morgan fingerprint density at radius 2 is 2.00 bits per heavy atom. The van der Waals surface area contributed by atoms with Crippen LogP contribution in [-0.2, 0) is 27.4 Å². The number of hydroxylamine groups is 1. The number of rotatable bonds is 8. The highest BCUT2D eigenvalue weighted by molar-refractivity contribution is 7.80. The number of benzene rings is 2. The Labute approximate surface area is 166 Å². The van der Waals surface area contributed by atoms with Gasteiger partial charge in [-0.2, -0.15) is 0 Å². The number of morpholine rings is 1. The molecule has 0 bridgehead atoms. The molecule has 3 rings (SSSR count). The maximum atomic E-state index is 11.7. The molecule has 1 atom stereocenters. The molecule has 1 N–H and O–H groups in total. The summed E-state index contributed by atoms with van der Waals surface area (Å²) in [5.41, 5.74) is 2.89. The zero-order chi connectivity index (χ0) is 19.9. The Morgan fingerprint density at radius 1 is 1.29 bits per heavy atom. The molecule has 28 heavy (non-hydrogen) atoms. The van der Waals surface area contributed by atoms with Crippen LogP contribution in [0.4, 0.5) is 17.1 Å².